The van der Waals surface area contributed by atoms with Crippen LogP contribution in [-0.4, -0.2) is 9.36 Å². The van der Waals surface area contributed by atoms with Gasteiger partial charge in [-0.2, -0.15) is 22.5 Å². The highest BCUT2D eigenvalue weighted by molar-refractivity contribution is 7.09. The molecule has 0 amide bonds. The van der Waals surface area contributed by atoms with Crippen molar-refractivity contribution in [1.29, 1.82) is 0 Å². The Kier molecular flexibility index (Phi) is 3.91. The minimum Gasteiger partial charge on any atom is -0.356 e. The standard InChI is InChI=1S/C10H6ClF4N3S/c11-6-3-5(1-2-7(6)12)4-16-9-17-8(18-19-9)10(13,14)15/h1-3H,4H2,(H,16,17,18). The van der Waals surface area contributed by atoms with Crippen LogP contribution in [-0.2, 0) is 12.7 Å². The Morgan fingerprint density at radius 1 is 1.32 bits per heavy atom. The number of hydrogen-bond acceptors (Lipinski definition) is 4. The first-order valence-corrected chi connectivity index (χ1v) is 6.10. The van der Waals surface area contributed by atoms with Gasteiger partial charge in [-0.1, -0.05) is 17.7 Å². The zero-order chi connectivity index (χ0) is 14.0. The van der Waals surface area contributed by atoms with Crippen LogP contribution in [0.15, 0.2) is 18.2 Å². The monoisotopic (exact) mass is 311 g/mol. The molecular weight excluding hydrogens is 306 g/mol. The van der Waals surface area contributed by atoms with Crippen molar-refractivity contribution in [1.82, 2.24) is 9.36 Å². The third kappa shape index (κ3) is 3.54. The summed E-state index contributed by atoms with van der Waals surface area (Å²) in [5, 5.41) is 2.65. The van der Waals surface area contributed by atoms with E-state index in [9.17, 15) is 17.6 Å². The van der Waals surface area contributed by atoms with Crippen LogP contribution >= 0.6 is 23.1 Å². The Morgan fingerprint density at radius 2 is 2.05 bits per heavy atom. The molecule has 0 saturated carbocycles. The number of aromatic nitrogens is 2. The largest absolute Gasteiger partial charge is 0.452 e. The molecule has 0 bridgehead atoms. The van der Waals surface area contributed by atoms with Gasteiger partial charge in [-0.3, -0.25) is 0 Å². The maximum absolute atomic E-state index is 12.9. The molecule has 0 atom stereocenters. The van der Waals surface area contributed by atoms with Crippen molar-refractivity contribution in [3.8, 4) is 0 Å². The number of halogens is 5. The SMILES string of the molecule is Fc1ccc(CNc2nc(C(F)(F)F)ns2)cc1Cl. The zero-order valence-corrected chi connectivity index (χ0v) is 10.7. The summed E-state index contributed by atoms with van der Waals surface area (Å²) in [4.78, 5) is 3.30. The van der Waals surface area contributed by atoms with Gasteiger partial charge in [-0.15, -0.1) is 0 Å². The molecule has 0 aliphatic rings. The quantitative estimate of drug-likeness (QED) is 0.872. The van der Waals surface area contributed by atoms with E-state index in [1.807, 2.05) is 0 Å². The highest BCUT2D eigenvalue weighted by Gasteiger charge is 2.36. The first kappa shape index (κ1) is 14.0. The van der Waals surface area contributed by atoms with Gasteiger partial charge >= 0.3 is 6.18 Å². The lowest BCUT2D eigenvalue weighted by molar-refractivity contribution is -0.144. The summed E-state index contributed by atoms with van der Waals surface area (Å²) in [6, 6.07) is 4.04. The summed E-state index contributed by atoms with van der Waals surface area (Å²) >= 11 is 6.19. The summed E-state index contributed by atoms with van der Waals surface area (Å²) in [7, 11) is 0. The number of benzene rings is 1. The second-order valence-corrected chi connectivity index (χ2v) is 4.68. The zero-order valence-electron chi connectivity index (χ0n) is 9.13. The number of hydrogen-bond donors (Lipinski definition) is 1. The van der Waals surface area contributed by atoms with E-state index < -0.39 is 17.8 Å². The van der Waals surface area contributed by atoms with Gasteiger partial charge in [0.1, 0.15) is 5.82 Å². The predicted octanol–water partition coefficient (Wildman–Crippen LogP) is 3.96. The van der Waals surface area contributed by atoms with Crippen LogP contribution in [0, 0.1) is 5.82 Å². The van der Waals surface area contributed by atoms with E-state index in [4.69, 9.17) is 11.6 Å². The molecule has 0 aliphatic carbocycles. The maximum Gasteiger partial charge on any atom is 0.452 e. The van der Waals surface area contributed by atoms with Crippen LogP contribution < -0.4 is 5.32 Å². The second kappa shape index (κ2) is 5.30. The lowest BCUT2D eigenvalue weighted by atomic mass is 10.2. The molecule has 102 valence electrons. The molecule has 3 nitrogen and oxygen atoms in total. The first-order chi connectivity index (χ1) is 8.86. The van der Waals surface area contributed by atoms with Crippen molar-refractivity contribution in [2.24, 2.45) is 0 Å². The number of alkyl halides is 3. The molecule has 2 aromatic rings. The van der Waals surface area contributed by atoms with E-state index >= 15 is 0 Å². The van der Waals surface area contributed by atoms with Crippen molar-refractivity contribution >= 4 is 28.3 Å². The molecule has 0 unspecified atom stereocenters. The van der Waals surface area contributed by atoms with Gasteiger partial charge in [0.2, 0.25) is 11.0 Å². The Hall–Kier alpha value is -1.41. The minimum absolute atomic E-state index is 0.0350. The molecule has 0 saturated heterocycles. The Bertz CT molecular complexity index is 584. The van der Waals surface area contributed by atoms with Gasteiger partial charge in [0.25, 0.3) is 0 Å². The molecular formula is C10H6ClF4N3S. The molecule has 0 spiro atoms. The average Bonchev–Trinajstić information content (AvgIpc) is 2.79. The Balaban J connectivity index is 2.02. The number of rotatable bonds is 3. The molecule has 0 radical (unpaired) electrons. The van der Waals surface area contributed by atoms with Gasteiger partial charge in [-0.05, 0) is 17.7 Å². The highest BCUT2D eigenvalue weighted by Crippen LogP contribution is 2.29. The fourth-order valence-electron chi connectivity index (χ4n) is 1.24. The van der Waals surface area contributed by atoms with Gasteiger partial charge in [-0.25, -0.2) is 4.39 Å². The smallest absolute Gasteiger partial charge is 0.356 e. The Labute approximate surface area is 114 Å². The van der Waals surface area contributed by atoms with Crippen molar-refractivity contribution in [3.63, 3.8) is 0 Å². The lowest BCUT2D eigenvalue weighted by Crippen LogP contribution is -2.07. The normalized spacial score (nSPS) is 11.6. The van der Waals surface area contributed by atoms with Crippen LogP contribution in [0.2, 0.25) is 5.02 Å². The van der Waals surface area contributed by atoms with Gasteiger partial charge in [0.15, 0.2) is 0 Å². The first-order valence-electron chi connectivity index (χ1n) is 4.95. The summed E-state index contributed by atoms with van der Waals surface area (Å²) in [5.74, 6) is -1.74. The molecule has 0 aliphatic heterocycles. The molecule has 19 heavy (non-hydrogen) atoms. The third-order valence-corrected chi connectivity index (χ3v) is 3.07. The lowest BCUT2D eigenvalue weighted by Gasteiger charge is -2.03. The molecule has 1 aromatic carbocycles. The van der Waals surface area contributed by atoms with E-state index in [2.05, 4.69) is 14.7 Å². The van der Waals surface area contributed by atoms with Crippen molar-refractivity contribution in [2.45, 2.75) is 12.7 Å². The molecule has 0 fully saturated rings. The van der Waals surface area contributed by atoms with Gasteiger partial charge < -0.3 is 5.32 Å². The summed E-state index contributed by atoms with van der Waals surface area (Å²) in [5.41, 5.74) is 0.621. The van der Waals surface area contributed by atoms with E-state index in [-0.39, 0.29) is 16.7 Å². The molecule has 1 N–H and O–H groups in total. The van der Waals surface area contributed by atoms with E-state index in [0.29, 0.717) is 17.1 Å². The third-order valence-electron chi connectivity index (χ3n) is 2.11. The summed E-state index contributed by atoms with van der Waals surface area (Å²) in [6.45, 7) is 0.173. The number of nitrogens with zero attached hydrogens (tertiary/aromatic N) is 2. The van der Waals surface area contributed by atoms with Crippen LogP contribution in [0.5, 0.6) is 0 Å². The molecule has 9 heteroatoms. The fourth-order valence-corrected chi connectivity index (χ4v) is 2.02. The average molecular weight is 312 g/mol. The van der Waals surface area contributed by atoms with Crippen LogP contribution in [0.25, 0.3) is 0 Å². The minimum atomic E-state index is -4.56. The summed E-state index contributed by atoms with van der Waals surface area (Å²) in [6.07, 6.45) is -4.56. The molecule has 1 aromatic heterocycles. The highest BCUT2D eigenvalue weighted by atomic mass is 35.5. The van der Waals surface area contributed by atoms with Crippen LogP contribution in [0.1, 0.15) is 11.4 Å². The second-order valence-electron chi connectivity index (χ2n) is 3.52. The van der Waals surface area contributed by atoms with Gasteiger partial charge in [0.05, 0.1) is 5.02 Å². The van der Waals surface area contributed by atoms with E-state index in [1.165, 1.54) is 18.2 Å². The maximum atomic E-state index is 12.9. The van der Waals surface area contributed by atoms with E-state index in [0.717, 1.165) is 0 Å². The van der Waals surface area contributed by atoms with Crippen LogP contribution in [0.4, 0.5) is 22.7 Å². The van der Waals surface area contributed by atoms with Crippen molar-refractivity contribution in [3.05, 3.63) is 40.4 Å². The summed E-state index contributed by atoms with van der Waals surface area (Å²) < 4.78 is 52.9. The number of nitrogens with one attached hydrogen (secondary N) is 1. The topological polar surface area (TPSA) is 37.8 Å². The fraction of sp³-hybridized carbons (Fsp3) is 0.200. The van der Waals surface area contributed by atoms with E-state index in [1.54, 1.807) is 0 Å². The number of anilines is 1. The Morgan fingerprint density at radius 3 is 2.63 bits per heavy atom. The van der Waals surface area contributed by atoms with Crippen molar-refractivity contribution in [2.75, 3.05) is 5.32 Å². The predicted molar refractivity (Wildman–Crippen MR) is 63.6 cm³/mol. The van der Waals surface area contributed by atoms with Gasteiger partial charge in [0, 0.05) is 18.1 Å². The molecule has 1 heterocycles. The van der Waals surface area contributed by atoms with Crippen molar-refractivity contribution < 1.29 is 17.6 Å². The van der Waals surface area contributed by atoms with Crippen LogP contribution in [0.3, 0.4) is 0 Å². The molecule has 2 rings (SSSR count).